The van der Waals surface area contributed by atoms with Crippen LogP contribution in [0.1, 0.15) is 16.7 Å². The summed E-state index contributed by atoms with van der Waals surface area (Å²) in [6, 6.07) is 7.28. The Kier molecular flexibility index (Phi) is 2.84. The number of rotatable bonds is 1. The van der Waals surface area contributed by atoms with Gasteiger partial charge in [0, 0.05) is 4.47 Å². The van der Waals surface area contributed by atoms with Gasteiger partial charge in [0.1, 0.15) is 12.1 Å². The van der Waals surface area contributed by atoms with Gasteiger partial charge in [-0.2, -0.15) is 10.5 Å². The average Bonchev–Trinajstić information content (AvgIpc) is 2.17. The SMILES string of the molecule is C=Cc1ccc(C#N)c(C#N)c1Br. The molecule has 0 aromatic heterocycles. The molecule has 0 bridgehead atoms. The minimum atomic E-state index is 0.361. The van der Waals surface area contributed by atoms with Crippen molar-refractivity contribution in [1.82, 2.24) is 0 Å². The van der Waals surface area contributed by atoms with Crippen LogP contribution in [0.4, 0.5) is 0 Å². The summed E-state index contributed by atoms with van der Waals surface area (Å²) >= 11 is 3.25. The number of nitriles is 2. The summed E-state index contributed by atoms with van der Waals surface area (Å²) < 4.78 is 0.629. The molecule has 0 amide bonds. The molecule has 1 aromatic rings. The summed E-state index contributed by atoms with van der Waals surface area (Å²) in [4.78, 5) is 0. The van der Waals surface area contributed by atoms with Crippen LogP contribution in [0, 0.1) is 22.7 Å². The van der Waals surface area contributed by atoms with E-state index in [1.54, 1.807) is 18.2 Å². The van der Waals surface area contributed by atoms with E-state index in [2.05, 4.69) is 22.5 Å². The maximum atomic E-state index is 8.78. The highest BCUT2D eigenvalue weighted by Crippen LogP contribution is 2.24. The van der Waals surface area contributed by atoms with Crippen molar-refractivity contribution in [2.45, 2.75) is 0 Å². The Hall–Kier alpha value is -1.58. The molecular formula is C10H5BrN2. The molecule has 0 aliphatic carbocycles. The lowest BCUT2D eigenvalue weighted by atomic mass is 10.1. The summed E-state index contributed by atoms with van der Waals surface area (Å²) in [5.74, 6) is 0. The highest BCUT2D eigenvalue weighted by molar-refractivity contribution is 9.10. The first kappa shape index (κ1) is 9.51. The van der Waals surface area contributed by atoms with Gasteiger partial charge in [-0.3, -0.25) is 0 Å². The van der Waals surface area contributed by atoms with Crippen molar-refractivity contribution >= 4 is 22.0 Å². The van der Waals surface area contributed by atoms with Crippen molar-refractivity contribution in [3.63, 3.8) is 0 Å². The zero-order chi connectivity index (χ0) is 9.84. The lowest BCUT2D eigenvalue weighted by Crippen LogP contribution is -1.87. The van der Waals surface area contributed by atoms with Crippen LogP contribution in [0.25, 0.3) is 6.08 Å². The van der Waals surface area contributed by atoms with E-state index in [-0.39, 0.29) is 0 Å². The Labute approximate surface area is 84.9 Å². The van der Waals surface area contributed by atoms with Gasteiger partial charge in [-0.05, 0) is 27.6 Å². The second-order valence-electron chi connectivity index (χ2n) is 2.32. The van der Waals surface area contributed by atoms with E-state index in [1.807, 2.05) is 12.1 Å². The molecule has 0 fully saturated rings. The summed E-state index contributed by atoms with van der Waals surface area (Å²) in [6.07, 6.45) is 1.63. The first-order valence-corrected chi connectivity index (χ1v) is 4.29. The molecular weight excluding hydrogens is 228 g/mol. The van der Waals surface area contributed by atoms with Crippen molar-refractivity contribution < 1.29 is 0 Å². The lowest BCUT2D eigenvalue weighted by Gasteiger charge is -2.01. The second-order valence-corrected chi connectivity index (χ2v) is 3.11. The Morgan fingerprint density at radius 3 is 2.46 bits per heavy atom. The number of nitrogens with zero attached hydrogens (tertiary/aromatic N) is 2. The quantitative estimate of drug-likeness (QED) is 0.748. The van der Waals surface area contributed by atoms with Crippen LogP contribution in [0.5, 0.6) is 0 Å². The minimum Gasteiger partial charge on any atom is -0.192 e. The lowest BCUT2D eigenvalue weighted by molar-refractivity contribution is 1.40. The third-order valence-electron chi connectivity index (χ3n) is 1.62. The van der Waals surface area contributed by atoms with Gasteiger partial charge in [0.2, 0.25) is 0 Å². The summed E-state index contributed by atoms with van der Waals surface area (Å²) in [5, 5.41) is 17.5. The highest BCUT2D eigenvalue weighted by atomic mass is 79.9. The van der Waals surface area contributed by atoms with Crippen molar-refractivity contribution in [2.75, 3.05) is 0 Å². The fraction of sp³-hybridized carbons (Fsp3) is 0. The van der Waals surface area contributed by atoms with Crippen LogP contribution in [-0.2, 0) is 0 Å². The summed E-state index contributed by atoms with van der Waals surface area (Å²) in [7, 11) is 0. The van der Waals surface area contributed by atoms with Gasteiger partial charge in [0.05, 0.1) is 11.1 Å². The maximum absolute atomic E-state index is 8.78. The van der Waals surface area contributed by atoms with Crippen LogP contribution in [0.2, 0.25) is 0 Å². The fourth-order valence-corrected chi connectivity index (χ4v) is 1.55. The molecule has 13 heavy (non-hydrogen) atoms. The van der Waals surface area contributed by atoms with Gasteiger partial charge in [-0.25, -0.2) is 0 Å². The molecule has 1 rings (SSSR count). The smallest absolute Gasteiger partial charge is 0.102 e. The second kappa shape index (κ2) is 3.89. The van der Waals surface area contributed by atoms with Crippen LogP contribution in [-0.4, -0.2) is 0 Å². The zero-order valence-electron chi connectivity index (χ0n) is 6.71. The first-order valence-electron chi connectivity index (χ1n) is 3.49. The highest BCUT2D eigenvalue weighted by Gasteiger charge is 2.08. The van der Waals surface area contributed by atoms with E-state index in [1.165, 1.54) is 0 Å². The molecule has 0 saturated carbocycles. The van der Waals surface area contributed by atoms with E-state index in [9.17, 15) is 0 Å². The molecule has 1 aromatic carbocycles. The average molecular weight is 233 g/mol. The van der Waals surface area contributed by atoms with Gasteiger partial charge in [0.25, 0.3) is 0 Å². The molecule has 62 valence electrons. The molecule has 0 N–H and O–H groups in total. The standard InChI is InChI=1S/C10H5BrN2/c1-2-7-3-4-8(5-12)9(6-13)10(7)11/h2-4H,1H2. The van der Waals surface area contributed by atoms with Crippen LogP contribution < -0.4 is 0 Å². The van der Waals surface area contributed by atoms with E-state index in [4.69, 9.17) is 10.5 Å². The first-order chi connectivity index (χ1) is 6.24. The maximum Gasteiger partial charge on any atom is 0.102 e. The Morgan fingerprint density at radius 2 is 2.00 bits per heavy atom. The van der Waals surface area contributed by atoms with Gasteiger partial charge in [-0.1, -0.05) is 18.7 Å². The monoisotopic (exact) mass is 232 g/mol. The molecule has 0 spiro atoms. The molecule has 0 atom stereocenters. The molecule has 2 nitrogen and oxygen atoms in total. The van der Waals surface area contributed by atoms with E-state index in [0.29, 0.717) is 15.6 Å². The molecule has 0 aliphatic rings. The number of hydrogen-bond acceptors (Lipinski definition) is 2. The van der Waals surface area contributed by atoms with Gasteiger partial charge in [-0.15, -0.1) is 0 Å². The summed E-state index contributed by atoms with van der Waals surface area (Å²) in [5.41, 5.74) is 1.55. The third-order valence-corrected chi connectivity index (χ3v) is 2.48. The van der Waals surface area contributed by atoms with Crippen molar-refractivity contribution in [1.29, 1.82) is 10.5 Å². The Morgan fingerprint density at radius 1 is 1.31 bits per heavy atom. The topological polar surface area (TPSA) is 47.6 Å². The van der Waals surface area contributed by atoms with Gasteiger partial charge < -0.3 is 0 Å². The molecule has 3 heteroatoms. The minimum absolute atomic E-state index is 0.361. The molecule has 0 radical (unpaired) electrons. The van der Waals surface area contributed by atoms with Crippen molar-refractivity contribution in [2.24, 2.45) is 0 Å². The fourth-order valence-electron chi connectivity index (χ4n) is 0.952. The van der Waals surface area contributed by atoms with Crippen LogP contribution in [0.3, 0.4) is 0 Å². The molecule has 0 aliphatic heterocycles. The number of hydrogen-bond donors (Lipinski definition) is 0. The number of halogens is 1. The molecule has 0 saturated heterocycles. The number of benzene rings is 1. The summed E-state index contributed by atoms with van der Waals surface area (Å²) in [6.45, 7) is 3.60. The molecule has 0 unspecified atom stereocenters. The Balaban J connectivity index is 3.54. The van der Waals surface area contributed by atoms with Crippen molar-refractivity contribution in [3.05, 3.63) is 39.9 Å². The van der Waals surface area contributed by atoms with E-state index in [0.717, 1.165) is 5.56 Å². The predicted molar refractivity (Wildman–Crippen MR) is 53.7 cm³/mol. The Bertz CT molecular complexity index is 435. The van der Waals surface area contributed by atoms with Crippen LogP contribution >= 0.6 is 15.9 Å². The zero-order valence-corrected chi connectivity index (χ0v) is 8.30. The molecule has 0 heterocycles. The normalized spacial score (nSPS) is 8.54. The van der Waals surface area contributed by atoms with E-state index >= 15 is 0 Å². The third kappa shape index (κ3) is 1.61. The predicted octanol–water partition coefficient (Wildman–Crippen LogP) is 2.84. The van der Waals surface area contributed by atoms with Gasteiger partial charge >= 0.3 is 0 Å². The van der Waals surface area contributed by atoms with Crippen molar-refractivity contribution in [3.8, 4) is 12.1 Å². The van der Waals surface area contributed by atoms with Crippen LogP contribution in [0.15, 0.2) is 23.2 Å². The van der Waals surface area contributed by atoms with Gasteiger partial charge in [0.15, 0.2) is 0 Å². The largest absolute Gasteiger partial charge is 0.192 e. The van der Waals surface area contributed by atoms with E-state index < -0.39 is 0 Å².